The number of nitrogens with two attached hydrogens (primary N) is 1. The van der Waals surface area contributed by atoms with Crippen molar-refractivity contribution in [3.8, 4) is 6.07 Å². The van der Waals surface area contributed by atoms with E-state index >= 15 is 0 Å². The Morgan fingerprint density at radius 2 is 1.69 bits per heavy atom. The number of nitriles is 1. The van der Waals surface area contributed by atoms with Crippen LogP contribution in [0.4, 0.5) is 11.4 Å². The number of sulfonamides is 2. The SMILES string of the molecule is CC(C)(C)S(=O)(=O)Nc1c(C#N)cnc2ccc(NCc3cnc[nH]3)cc12.CC(C)(C)S(N)(=O)=O. The highest BCUT2D eigenvalue weighted by Crippen LogP contribution is 2.31. The predicted molar refractivity (Wildman–Crippen MR) is 138 cm³/mol. The molecule has 0 spiro atoms. The van der Waals surface area contributed by atoms with E-state index in [2.05, 4.69) is 25.0 Å². The number of pyridine rings is 1. The van der Waals surface area contributed by atoms with E-state index in [-0.39, 0.29) is 11.3 Å². The Kier molecular flexibility index (Phi) is 8.16. The lowest BCUT2D eigenvalue weighted by Crippen LogP contribution is -2.34. The van der Waals surface area contributed by atoms with Crippen LogP contribution < -0.4 is 15.2 Å². The summed E-state index contributed by atoms with van der Waals surface area (Å²) >= 11 is 0. The third kappa shape index (κ3) is 7.14. The van der Waals surface area contributed by atoms with Crippen LogP contribution >= 0.6 is 0 Å². The third-order valence-electron chi connectivity index (χ3n) is 4.92. The summed E-state index contributed by atoms with van der Waals surface area (Å²) in [5.74, 6) is 0. The fourth-order valence-corrected chi connectivity index (χ4v) is 3.16. The lowest BCUT2D eigenvalue weighted by Gasteiger charge is -2.21. The number of aromatic amines is 1. The number of hydrogen-bond acceptors (Lipinski definition) is 8. The highest BCUT2D eigenvalue weighted by molar-refractivity contribution is 7.94. The zero-order valence-electron chi connectivity index (χ0n) is 20.5. The van der Waals surface area contributed by atoms with Crippen LogP contribution in [0.1, 0.15) is 52.8 Å². The molecule has 3 aromatic rings. The van der Waals surface area contributed by atoms with E-state index in [1.54, 1.807) is 66.2 Å². The molecule has 0 fully saturated rings. The molecule has 0 aliphatic rings. The topological polar surface area (TPSA) is 184 Å². The van der Waals surface area contributed by atoms with E-state index in [4.69, 9.17) is 5.14 Å². The van der Waals surface area contributed by atoms with Crippen LogP contribution in [0.25, 0.3) is 10.9 Å². The highest BCUT2D eigenvalue weighted by atomic mass is 32.2. The maximum atomic E-state index is 12.6. The van der Waals surface area contributed by atoms with Crippen LogP contribution in [-0.4, -0.2) is 41.3 Å². The van der Waals surface area contributed by atoms with Gasteiger partial charge in [0.1, 0.15) is 6.07 Å². The molecule has 5 N–H and O–H groups in total. The minimum absolute atomic E-state index is 0.168. The van der Waals surface area contributed by atoms with Gasteiger partial charge >= 0.3 is 0 Å². The van der Waals surface area contributed by atoms with Crippen LogP contribution in [0, 0.1) is 11.3 Å². The number of nitrogens with zero attached hydrogens (tertiary/aromatic N) is 3. The largest absolute Gasteiger partial charge is 0.379 e. The summed E-state index contributed by atoms with van der Waals surface area (Å²) in [6, 6.07) is 7.42. The molecule has 11 nitrogen and oxygen atoms in total. The first-order chi connectivity index (χ1) is 16.0. The van der Waals surface area contributed by atoms with Gasteiger partial charge in [-0.05, 0) is 59.7 Å². The summed E-state index contributed by atoms with van der Waals surface area (Å²) in [7, 11) is -7.04. The van der Waals surface area contributed by atoms with Gasteiger partial charge in [-0.3, -0.25) is 9.71 Å². The number of rotatable bonds is 5. The molecule has 0 saturated carbocycles. The van der Waals surface area contributed by atoms with Gasteiger partial charge in [0.2, 0.25) is 20.0 Å². The first-order valence-electron chi connectivity index (χ1n) is 10.5. The molecule has 0 saturated heterocycles. The second-order valence-electron chi connectivity index (χ2n) is 9.70. The lowest BCUT2D eigenvalue weighted by molar-refractivity contribution is 0.562. The standard InChI is InChI=1S/C18H20N6O2S.C4H11NO2S/c1-18(2,3)27(25,26)24-17-12(7-19)8-22-16-5-4-13(6-15(16)17)21-10-14-9-20-11-23-14;1-4(2,3)8(5,6)7/h4-6,8-9,11,21H,10H2,1-3H3,(H,20,23)(H,22,24);1-3H3,(H2,5,6,7). The molecule has 0 unspecified atom stereocenters. The number of anilines is 2. The molecular weight excluding hydrogens is 490 g/mol. The maximum absolute atomic E-state index is 12.6. The number of hydrogen-bond donors (Lipinski definition) is 4. The van der Waals surface area contributed by atoms with Crippen molar-refractivity contribution in [2.75, 3.05) is 10.0 Å². The molecular formula is C22H31N7O4S2. The quantitative estimate of drug-likeness (QED) is 0.394. The Hall–Kier alpha value is -3.21. The van der Waals surface area contributed by atoms with Crippen LogP contribution in [0.3, 0.4) is 0 Å². The van der Waals surface area contributed by atoms with E-state index < -0.39 is 29.5 Å². The fourth-order valence-electron chi connectivity index (χ4n) is 2.36. The van der Waals surface area contributed by atoms with E-state index in [0.717, 1.165) is 11.4 Å². The minimum atomic E-state index is -3.70. The molecule has 0 aliphatic heterocycles. The molecule has 190 valence electrons. The summed E-state index contributed by atoms with van der Waals surface area (Å²) in [5.41, 5.74) is 2.68. The molecule has 13 heteroatoms. The number of aromatic nitrogens is 3. The average molecular weight is 522 g/mol. The highest BCUT2D eigenvalue weighted by Gasteiger charge is 2.30. The monoisotopic (exact) mass is 521 g/mol. The number of fused-ring (bicyclic) bond motifs is 1. The Balaban J connectivity index is 0.000000466. The van der Waals surface area contributed by atoms with Crippen molar-refractivity contribution < 1.29 is 16.8 Å². The van der Waals surface area contributed by atoms with Gasteiger partial charge in [0.15, 0.2) is 0 Å². The first kappa shape index (κ1) is 28.0. The van der Waals surface area contributed by atoms with Gasteiger partial charge in [-0.1, -0.05) is 0 Å². The molecule has 2 aromatic heterocycles. The fraction of sp³-hybridized carbons (Fsp3) is 0.409. The molecule has 35 heavy (non-hydrogen) atoms. The molecule has 0 aliphatic carbocycles. The van der Waals surface area contributed by atoms with Crippen molar-refractivity contribution in [1.29, 1.82) is 5.26 Å². The van der Waals surface area contributed by atoms with E-state index in [0.29, 0.717) is 17.4 Å². The number of benzene rings is 1. The molecule has 3 rings (SSSR count). The lowest BCUT2D eigenvalue weighted by atomic mass is 10.1. The van der Waals surface area contributed by atoms with Crippen molar-refractivity contribution in [1.82, 2.24) is 15.0 Å². The third-order valence-corrected chi connectivity index (χ3v) is 8.71. The summed E-state index contributed by atoms with van der Waals surface area (Å²) < 4.78 is 46.9. The summed E-state index contributed by atoms with van der Waals surface area (Å²) in [4.78, 5) is 11.2. The van der Waals surface area contributed by atoms with Crippen LogP contribution in [0.15, 0.2) is 36.9 Å². The number of primary sulfonamides is 1. The molecule has 0 bridgehead atoms. The first-order valence-corrected chi connectivity index (χ1v) is 13.6. The smallest absolute Gasteiger partial charge is 0.237 e. The Morgan fingerprint density at radius 1 is 1.06 bits per heavy atom. The summed E-state index contributed by atoms with van der Waals surface area (Å²) in [6.07, 6.45) is 4.69. The second-order valence-corrected chi connectivity index (χ2v) is 14.4. The zero-order valence-corrected chi connectivity index (χ0v) is 22.2. The molecule has 1 aromatic carbocycles. The average Bonchev–Trinajstić information content (AvgIpc) is 3.24. The Morgan fingerprint density at radius 3 is 2.17 bits per heavy atom. The predicted octanol–water partition coefficient (Wildman–Crippen LogP) is 3.06. The van der Waals surface area contributed by atoms with Crippen molar-refractivity contribution in [3.05, 3.63) is 48.2 Å². The zero-order chi connectivity index (χ0) is 26.7. The summed E-state index contributed by atoms with van der Waals surface area (Å²) in [5, 5.41) is 18.0. The number of imidazole rings is 1. The van der Waals surface area contributed by atoms with E-state index in [1.807, 2.05) is 12.1 Å². The van der Waals surface area contributed by atoms with Gasteiger partial charge in [0.05, 0.1) is 44.8 Å². The van der Waals surface area contributed by atoms with Gasteiger partial charge in [0, 0.05) is 23.5 Å². The molecule has 0 amide bonds. The van der Waals surface area contributed by atoms with Crippen molar-refractivity contribution >= 4 is 42.3 Å². The van der Waals surface area contributed by atoms with Crippen LogP contribution in [0.5, 0.6) is 0 Å². The number of nitrogens with one attached hydrogen (secondary N) is 3. The van der Waals surface area contributed by atoms with Crippen molar-refractivity contribution in [2.45, 2.75) is 57.6 Å². The van der Waals surface area contributed by atoms with Crippen molar-refractivity contribution in [2.24, 2.45) is 5.14 Å². The second kappa shape index (κ2) is 10.2. The van der Waals surface area contributed by atoms with Gasteiger partial charge < -0.3 is 10.3 Å². The van der Waals surface area contributed by atoms with Gasteiger partial charge in [-0.2, -0.15) is 5.26 Å². The van der Waals surface area contributed by atoms with Crippen LogP contribution in [-0.2, 0) is 26.6 Å². The molecule has 0 atom stereocenters. The van der Waals surface area contributed by atoms with E-state index in [1.165, 1.54) is 6.20 Å². The molecule has 0 radical (unpaired) electrons. The van der Waals surface area contributed by atoms with Gasteiger partial charge in [-0.25, -0.2) is 27.0 Å². The van der Waals surface area contributed by atoms with Crippen molar-refractivity contribution in [3.63, 3.8) is 0 Å². The normalized spacial score (nSPS) is 12.4. The van der Waals surface area contributed by atoms with E-state index in [9.17, 15) is 22.1 Å². The van der Waals surface area contributed by atoms with Gasteiger partial charge in [0.25, 0.3) is 0 Å². The Bertz CT molecular complexity index is 1430. The summed E-state index contributed by atoms with van der Waals surface area (Å²) in [6.45, 7) is 10.00. The number of H-pyrrole nitrogens is 1. The van der Waals surface area contributed by atoms with Gasteiger partial charge in [-0.15, -0.1) is 0 Å². The Labute approximate surface area is 206 Å². The van der Waals surface area contributed by atoms with Crippen LogP contribution in [0.2, 0.25) is 0 Å². The molecule has 2 heterocycles. The minimum Gasteiger partial charge on any atom is -0.379 e. The maximum Gasteiger partial charge on any atom is 0.237 e.